The molecule has 0 spiro atoms. The van der Waals surface area contributed by atoms with Crippen LogP contribution < -0.4 is 15.6 Å². The first-order valence-electron chi connectivity index (χ1n) is 13.9. The number of nitrogens with one attached hydrogen (secondary N) is 1. The molecule has 1 N–H and O–H groups in total. The van der Waals surface area contributed by atoms with Crippen molar-refractivity contribution in [3.63, 3.8) is 0 Å². The summed E-state index contributed by atoms with van der Waals surface area (Å²) in [6, 6.07) is 17.1. The number of aromatic nitrogens is 3. The van der Waals surface area contributed by atoms with Crippen molar-refractivity contribution < 1.29 is 9.53 Å². The number of likely N-dealkylation sites (tertiary alicyclic amines) is 1. The van der Waals surface area contributed by atoms with Crippen LogP contribution in [-0.4, -0.2) is 57.2 Å². The Hall–Kier alpha value is -3.91. The van der Waals surface area contributed by atoms with Crippen LogP contribution in [0.2, 0.25) is 0 Å². The van der Waals surface area contributed by atoms with Gasteiger partial charge in [-0.3, -0.25) is 14.2 Å². The number of piperidine rings is 1. The van der Waals surface area contributed by atoms with Gasteiger partial charge in [0.05, 0.1) is 17.5 Å². The molecule has 8 heteroatoms. The Kier molecular flexibility index (Phi) is 8.42. The Labute approximate surface area is 229 Å². The summed E-state index contributed by atoms with van der Waals surface area (Å²) in [5.41, 5.74) is 2.01. The topological polar surface area (TPSA) is 81.4 Å². The fraction of sp³-hybridized carbons (Fsp3) is 0.387. The first-order chi connectivity index (χ1) is 19.0. The van der Waals surface area contributed by atoms with E-state index in [4.69, 9.17) is 9.72 Å². The van der Waals surface area contributed by atoms with Crippen molar-refractivity contribution in [2.75, 3.05) is 26.2 Å². The molecule has 4 aromatic rings. The number of carbonyl (C=O) groups excluding carboxylic acids is 1. The molecule has 0 radical (unpaired) electrons. The van der Waals surface area contributed by atoms with E-state index in [1.54, 1.807) is 6.07 Å². The molecule has 1 aliphatic heterocycles. The molecule has 0 unspecified atom stereocenters. The van der Waals surface area contributed by atoms with Gasteiger partial charge >= 0.3 is 0 Å². The lowest BCUT2D eigenvalue weighted by molar-refractivity contribution is -0.122. The van der Waals surface area contributed by atoms with E-state index < -0.39 is 0 Å². The largest absolute Gasteiger partial charge is 0.494 e. The average molecular weight is 528 g/mol. The number of nitrogens with zero attached hydrogens (tertiary/aromatic N) is 4. The molecule has 0 atom stereocenters. The lowest BCUT2D eigenvalue weighted by atomic mass is 10.1. The number of amides is 1. The van der Waals surface area contributed by atoms with Gasteiger partial charge in [0.2, 0.25) is 5.91 Å². The fourth-order valence-corrected chi connectivity index (χ4v) is 5.14. The van der Waals surface area contributed by atoms with Gasteiger partial charge in [0.25, 0.3) is 5.56 Å². The van der Waals surface area contributed by atoms with Crippen LogP contribution in [0.25, 0.3) is 28.0 Å². The van der Waals surface area contributed by atoms with Gasteiger partial charge in [0.15, 0.2) is 0 Å². The highest BCUT2D eigenvalue weighted by atomic mass is 16.5. The normalized spacial score (nSPS) is 14.1. The summed E-state index contributed by atoms with van der Waals surface area (Å²) >= 11 is 0. The van der Waals surface area contributed by atoms with E-state index in [1.807, 2.05) is 79.3 Å². The summed E-state index contributed by atoms with van der Waals surface area (Å²) in [5.74, 6) is 0.859. The summed E-state index contributed by atoms with van der Waals surface area (Å²) in [6.45, 7) is 7.63. The van der Waals surface area contributed by atoms with Gasteiger partial charge in [0, 0.05) is 36.2 Å². The molecule has 39 heavy (non-hydrogen) atoms. The van der Waals surface area contributed by atoms with E-state index in [2.05, 4.69) is 10.2 Å². The Morgan fingerprint density at radius 2 is 1.82 bits per heavy atom. The summed E-state index contributed by atoms with van der Waals surface area (Å²) in [7, 11) is 0. The highest BCUT2D eigenvalue weighted by molar-refractivity contribution is 5.83. The van der Waals surface area contributed by atoms with Crippen LogP contribution in [0.3, 0.4) is 0 Å². The van der Waals surface area contributed by atoms with E-state index >= 15 is 0 Å². The van der Waals surface area contributed by atoms with E-state index in [-0.39, 0.29) is 24.1 Å². The maximum Gasteiger partial charge on any atom is 0.262 e. The standard InChI is InChI=1S/C31H37N5O3/c1-23(2)32-29(37)22-36-30(24-10-8-11-25(20-24)35-17-6-7-18-35)33-28-13-12-26(21-27(28)31(36)38)39-19-9-16-34-14-4-3-5-15-34/h6-8,10-13,17-18,20-21,23H,3-5,9,14-16,19,22H2,1-2H3,(H,32,37). The van der Waals surface area contributed by atoms with Gasteiger partial charge in [-0.25, -0.2) is 4.98 Å². The lowest BCUT2D eigenvalue weighted by Crippen LogP contribution is -2.37. The Bertz CT molecular complexity index is 1470. The van der Waals surface area contributed by atoms with E-state index in [1.165, 1.54) is 36.9 Å². The van der Waals surface area contributed by atoms with Crippen molar-refractivity contribution in [1.82, 2.24) is 24.3 Å². The third kappa shape index (κ3) is 6.57. The van der Waals surface area contributed by atoms with Crippen LogP contribution in [0.5, 0.6) is 5.75 Å². The van der Waals surface area contributed by atoms with Crippen molar-refractivity contribution in [3.05, 3.63) is 77.3 Å². The molecule has 0 bridgehead atoms. The number of hydrogen-bond acceptors (Lipinski definition) is 5. The van der Waals surface area contributed by atoms with Crippen LogP contribution >= 0.6 is 0 Å². The fourth-order valence-electron chi connectivity index (χ4n) is 5.14. The van der Waals surface area contributed by atoms with Gasteiger partial charge in [-0.1, -0.05) is 18.6 Å². The van der Waals surface area contributed by atoms with Crippen molar-refractivity contribution in [2.24, 2.45) is 0 Å². The van der Waals surface area contributed by atoms with Gasteiger partial charge < -0.3 is 19.5 Å². The average Bonchev–Trinajstić information content (AvgIpc) is 3.48. The van der Waals surface area contributed by atoms with Gasteiger partial charge in [-0.2, -0.15) is 0 Å². The number of rotatable bonds is 10. The smallest absolute Gasteiger partial charge is 0.262 e. The SMILES string of the molecule is CC(C)NC(=O)Cn1c(-c2cccc(-n3cccc3)c2)nc2ccc(OCCCN3CCCCC3)cc2c1=O. The van der Waals surface area contributed by atoms with Crippen LogP contribution in [0.1, 0.15) is 39.5 Å². The molecule has 2 aromatic heterocycles. The maximum atomic E-state index is 13.8. The summed E-state index contributed by atoms with van der Waals surface area (Å²) < 4.78 is 9.48. The molecular weight excluding hydrogens is 490 g/mol. The molecule has 8 nitrogen and oxygen atoms in total. The van der Waals surface area contributed by atoms with Gasteiger partial charge in [0.1, 0.15) is 18.1 Å². The first kappa shape index (κ1) is 26.7. The molecule has 0 saturated carbocycles. The number of benzene rings is 2. The summed E-state index contributed by atoms with van der Waals surface area (Å²) in [5, 5.41) is 3.33. The molecule has 1 aliphatic rings. The second-order valence-corrected chi connectivity index (χ2v) is 10.5. The Morgan fingerprint density at radius 1 is 1.03 bits per heavy atom. The van der Waals surface area contributed by atoms with Crippen LogP contribution in [-0.2, 0) is 11.3 Å². The molecule has 1 fully saturated rings. The lowest BCUT2D eigenvalue weighted by Gasteiger charge is -2.26. The molecule has 3 heterocycles. The quantitative estimate of drug-likeness (QED) is 0.304. The molecule has 0 aliphatic carbocycles. The minimum absolute atomic E-state index is 0.0351. The third-order valence-electron chi connectivity index (χ3n) is 7.02. The van der Waals surface area contributed by atoms with E-state index in [0.29, 0.717) is 29.1 Å². The van der Waals surface area contributed by atoms with Gasteiger partial charge in [-0.15, -0.1) is 0 Å². The van der Waals surface area contributed by atoms with Crippen molar-refractivity contribution in [3.8, 4) is 22.8 Å². The number of fused-ring (bicyclic) bond motifs is 1. The molecular formula is C31H37N5O3. The monoisotopic (exact) mass is 527 g/mol. The van der Waals surface area contributed by atoms with Crippen LogP contribution in [0, 0.1) is 0 Å². The van der Waals surface area contributed by atoms with E-state index in [9.17, 15) is 9.59 Å². The minimum atomic E-state index is -0.265. The zero-order chi connectivity index (χ0) is 27.2. The maximum absolute atomic E-state index is 13.8. The van der Waals surface area contributed by atoms with Crippen molar-refractivity contribution in [1.29, 1.82) is 0 Å². The minimum Gasteiger partial charge on any atom is -0.494 e. The number of ether oxygens (including phenoxy) is 1. The first-order valence-corrected chi connectivity index (χ1v) is 13.9. The highest BCUT2D eigenvalue weighted by Gasteiger charge is 2.17. The zero-order valence-corrected chi connectivity index (χ0v) is 22.8. The summed E-state index contributed by atoms with van der Waals surface area (Å²) in [6.07, 6.45) is 8.74. The molecule has 204 valence electrons. The Morgan fingerprint density at radius 3 is 2.59 bits per heavy atom. The van der Waals surface area contributed by atoms with E-state index in [0.717, 1.165) is 24.2 Å². The predicted molar refractivity (Wildman–Crippen MR) is 154 cm³/mol. The summed E-state index contributed by atoms with van der Waals surface area (Å²) in [4.78, 5) is 34.0. The third-order valence-corrected chi connectivity index (χ3v) is 7.02. The second kappa shape index (κ2) is 12.3. The van der Waals surface area contributed by atoms with Gasteiger partial charge in [-0.05, 0) is 88.7 Å². The second-order valence-electron chi connectivity index (χ2n) is 10.5. The number of carbonyl (C=O) groups is 1. The van der Waals surface area contributed by atoms with Crippen molar-refractivity contribution in [2.45, 2.75) is 52.1 Å². The zero-order valence-electron chi connectivity index (χ0n) is 22.8. The van der Waals surface area contributed by atoms with Crippen LogP contribution in [0.4, 0.5) is 0 Å². The predicted octanol–water partition coefficient (Wildman–Crippen LogP) is 4.63. The highest BCUT2D eigenvalue weighted by Crippen LogP contribution is 2.24. The molecule has 5 rings (SSSR count). The molecule has 1 saturated heterocycles. The number of hydrogen-bond donors (Lipinski definition) is 1. The van der Waals surface area contributed by atoms with Crippen LogP contribution in [0.15, 0.2) is 71.8 Å². The van der Waals surface area contributed by atoms with Crippen molar-refractivity contribution >= 4 is 16.8 Å². The molecule has 1 amide bonds. The Balaban J connectivity index is 1.44. The molecule has 2 aromatic carbocycles.